The van der Waals surface area contributed by atoms with Crippen molar-refractivity contribution in [3.05, 3.63) is 45.1 Å². The second kappa shape index (κ2) is 6.73. The minimum absolute atomic E-state index is 0.0316. The predicted molar refractivity (Wildman–Crippen MR) is 84.7 cm³/mol. The summed E-state index contributed by atoms with van der Waals surface area (Å²) in [5.41, 5.74) is 1.87. The molecule has 5 heteroatoms. The van der Waals surface area contributed by atoms with Gasteiger partial charge in [0.15, 0.2) is 0 Å². The van der Waals surface area contributed by atoms with E-state index in [0.29, 0.717) is 6.42 Å². The SMILES string of the molecule is CCC(=O)Nc1ccc(NCc2cc(Br)cs2)cc1. The maximum absolute atomic E-state index is 11.2. The third-order valence-corrected chi connectivity index (χ3v) is 4.28. The lowest BCUT2D eigenvalue weighted by molar-refractivity contribution is -0.115. The first kappa shape index (κ1) is 14.1. The fourth-order valence-electron chi connectivity index (χ4n) is 1.56. The molecule has 0 aliphatic carbocycles. The monoisotopic (exact) mass is 338 g/mol. The number of halogens is 1. The zero-order valence-electron chi connectivity index (χ0n) is 10.6. The van der Waals surface area contributed by atoms with Gasteiger partial charge in [0.2, 0.25) is 5.91 Å². The molecule has 1 aromatic heterocycles. The molecular formula is C14H15BrN2OS. The van der Waals surface area contributed by atoms with Crippen molar-refractivity contribution in [1.29, 1.82) is 0 Å². The van der Waals surface area contributed by atoms with E-state index in [-0.39, 0.29) is 5.91 Å². The van der Waals surface area contributed by atoms with Crippen LogP contribution in [0.5, 0.6) is 0 Å². The molecule has 0 atom stereocenters. The van der Waals surface area contributed by atoms with E-state index in [4.69, 9.17) is 0 Å². The van der Waals surface area contributed by atoms with E-state index in [2.05, 4.69) is 38.0 Å². The number of amides is 1. The van der Waals surface area contributed by atoms with Crippen molar-refractivity contribution in [2.75, 3.05) is 10.6 Å². The van der Waals surface area contributed by atoms with Gasteiger partial charge >= 0.3 is 0 Å². The fourth-order valence-corrected chi connectivity index (χ4v) is 2.95. The van der Waals surface area contributed by atoms with Gasteiger partial charge in [-0.3, -0.25) is 4.79 Å². The number of thiophene rings is 1. The second-order valence-corrected chi connectivity index (χ2v) is 5.98. The van der Waals surface area contributed by atoms with Crippen molar-refractivity contribution in [2.45, 2.75) is 19.9 Å². The molecule has 100 valence electrons. The number of anilines is 2. The Morgan fingerprint density at radius 2 is 1.95 bits per heavy atom. The molecule has 0 spiro atoms. The van der Waals surface area contributed by atoms with E-state index in [1.807, 2.05) is 31.2 Å². The van der Waals surface area contributed by atoms with Crippen molar-refractivity contribution in [3.63, 3.8) is 0 Å². The summed E-state index contributed by atoms with van der Waals surface area (Å²) in [6.07, 6.45) is 0.493. The smallest absolute Gasteiger partial charge is 0.224 e. The quantitative estimate of drug-likeness (QED) is 0.844. The largest absolute Gasteiger partial charge is 0.380 e. The molecule has 0 saturated carbocycles. The Morgan fingerprint density at radius 3 is 2.53 bits per heavy atom. The molecule has 0 bridgehead atoms. The minimum atomic E-state index is 0.0316. The van der Waals surface area contributed by atoms with Crippen molar-refractivity contribution >= 4 is 44.5 Å². The van der Waals surface area contributed by atoms with Crippen LogP contribution in [0.3, 0.4) is 0 Å². The summed E-state index contributed by atoms with van der Waals surface area (Å²) in [7, 11) is 0. The van der Waals surface area contributed by atoms with E-state index in [1.54, 1.807) is 11.3 Å². The summed E-state index contributed by atoms with van der Waals surface area (Å²) >= 11 is 5.16. The second-order valence-electron chi connectivity index (χ2n) is 4.06. The molecule has 0 unspecified atom stereocenters. The standard InChI is InChI=1S/C14H15BrN2OS/c1-2-14(18)17-12-5-3-11(4-6-12)16-8-13-7-10(15)9-19-13/h3-7,9,16H,2,8H2,1H3,(H,17,18). The third-order valence-electron chi connectivity index (χ3n) is 2.58. The molecule has 0 aliphatic rings. The number of benzene rings is 1. The summed E-state index contributed by atoms with van der Waals surface area (Å²) in [6.45, 7) is 2.64. The van der Waals surface area contributed by atoms with Gasteiger partial charge in [0, 0.05) is 39.1 Å². The van der Waals surface area contributed by atoms with Crippen LogP contribution in [-0.2, 0) is 11.3 Å². The van der Waals surface area contributed by atoms with Crippen LogP contribution in [-0.4, -0.2) is 5.91 Å². The van der Waals surface area contributed by atoms with Crippen LogP contribution >= 0.6 is 27.3 Å². The van der Waals surface area contributed by atoms with Crippen LogP contribution in [0.1, 0.15) is 18.2 Å². The average Bonchev–Trinajstić information content (AvgIpc) is 2.83. The molecule has 2 aromatic rings. The van der Waals surface area contributed by atoms with Gasteiger partial charge in [-0.15, -0.1) is 11.3 Å². The highest BCUT2D eigenvalue weighted by Crippen LogP contribution is 2.21. The molecule has 2 rings (SSSR count). The van der Waals surface area contributed by atoms with Crippen LogP contribution < -0.4 is 10.6 Å². The molecule has 0 radical (unpaired) electrons. The highest BCUT2D eigenvalue weighted by atomic mass is 79.9. The lowest BCUT2D eigenvalue weighted by Crippen LogP contribution is -2.09. The highest BCUT2D eigenvalue weighted by Gasteiger charge is 2.00. The highest BCUT2D eigenvalue weighted by molar-refractivity contribution is 9.10. The van der Waals surface area contributed by atoms with E-state index >= 15 is 0 Å². The molecule has 2 N–H and O–H groups in total. The molecule has 1 amide bonds. The average molecular weight is 339 g/mol. The van der Waals surface area contributed by atoms with Gasteiger partial charge in [-0.25, -0.2) is 0 Å². The lowest BCUT2D eigenvalue weighted by atomic mass is 10.2. The molecule has 0 saturated heterocycles. The topological polar surface area (TPSA) is 41.1 Å². The molecule has 3 nitrogen and oxygen atoms in total. The predicted octanol–water partition coefficient (Wildman–Crippen LogP) is 4.47. The van der Waals surface area contributed by atoms with Crippen molar-refractivity contribution in [1.82, 2.24) is 0 Å². The van der Waals surface area contributed by atoms with Crippen LogP contribution in [0.2, 0.25) is 0 Å². The summed E-state index contributed by atoms with van der Waals surface area (Å²) in [4.78, 5) is 12.5. The van der Waals surface area contributed by atoms with E-state index < -0.39 is 0 Å². The summed E-state index contributed by atoms with van der Waals surface area (Å²) in [6, 6.07) is 9.84. The lowest BCUT2D eigenvalue weighted by Gasteiger charge is -2.07. The zero-order valence-corrected chi connectivity index (χ0v) is 13.0. The number of carbonyl (C=O) groups excluding carboxylic acids is 1. The van der Waals surface area contributed by atoms with Crippen molar-refractivity contribution in [3.8, 4) is 0 Å². The van der Waals surface area contributed by atoms with Gasteiger partial charge < -0.3 is 10.6 Å². The summed E-state index contributed by atoms with van der Waals surface area (Å²) < 4.78 is 1.12. The Kier molecular flexibility index (Phi) is 4.99. The first-order chi connectivity index (χ1) is 9.17. The molecule has 1 aromatic carbocycles. The molecule has 0 fully saturated rings. The van der Waals surface area contributed by atoms with E-state index in [0.717, 1.165) is 22.4 Å². The van der Waals surface area contributed by atoms with E-state index in [1.165, 1.54) is 4.88 Å². The number of rotatable bonds is 5. The zero-order chi connectivity index (χ0) is 13.7. The van der Waals surface area contributed by atoms with Gasteiger partial charge in [0.25, 0.3) is 0 Å². The number of carbonyl (C=O) groups is 1. The first-order valence-corrected chi connectivity index (χ1v) is 7.71. The van der Waals surface area contributed by atoms with Crippen molar-refractivity contribution < 1.29 is 4.79 Å². The van der Waals surface area contributed by atoms with Gasteiger partial charge in [-0.2, -0.15) is 0 Å². The van der Waals surface area contributed by atoms with Crippen molar-refractivity contribution in [2.24, 2.45) is 0 Å². The Balaban J connectivity index is 1.89. The van der Waals surface area contributed by atoms with Gasteiger partial charge in [0.05, 0.1) is 0 Å². The Bertz CT molecular complexity index is 551. The number of hydrogen-bond acceptors (Lipinski definition) is 3. The van der Waals surface area contributed by atoms with Crippen LogP contribution in [0, 0.1) is 0 Å². The Labute approximate surface area is 125 Å². The fraction of sp³-hybridized carbons (Fsp3) is 0.214. The Hall–Kier alpha value is -1.33. The normalized spacial score (nSPS) is 10.2. The third kappa shape index (κ3) is 4.36. The number of nitrogens with one attached hydrogen (secondary N) is 2. The minimum Gasteiger partial charge on any atom is -0.380 e. The van der Waals surface area contributed by atoms with Gasteiger partial charge in [0.1, 0.15) is 0 Å². The van der Waals surface area contributed by atoms with Gasteiger partial charge in [-0.1, -0.05) is 6.92 Å². The van der Waals surface area contributed by atoms with Gasteiger partial charge in [-0.05, 0) is 46.3 Å². The van der Waals surface area contributed by atoms with Crippen LogP contribution in [0.15, 0.2) is 40.2 Å². The summed E-state index contributed by atoms with van der Waals surface area (Å²) in [5, 5.41) is 8.24. The maximum Gasteiger partial charge on any atom is 0.224 e. The molecule has 0 aliphatic heterocycles. The number of hydrogen-bond donors (Lipinski definition) is 2. The van der Waals surface area contributed by atoms with Crippen LogP contribution in [0.4, 0.5) is 11.4 Å². The molecule has 1 heterocycles. The first-order valence-electron chi connectivity index (χ1n) is 6.04. The Morgan fingerprint density at radius 1 is 1.26 bits per heavy atom. The van der Waals surface area contributed by atoms with Crippen LogP contribution in [0.25, 0.3) is 0 Å². The van der Waals surface area contributed by atoms with E-state index in [9.17, 15) is 4.79 Å². The summed E-state index contributed by atoms with van der Waals surface area (Å²) in [5.74, 6) is 0.0316. The molecule has 19 heavy (non-hydrogen) atoms. The molecular weight excluding hydrogens is 324 g/mol. The maximum atomic E-state index is 11.2.